The van der Waals surface area contributed by atoms with Gasteiger partial charge in [0, 0.05) is 0 Å². The maximum Gasteiger partial charge on any atom is -0.0105 e. The molecule has 0 heterocycles. The van der Waals surface area contributed by atoms with Gasteiger partial charge in [-0.3, -0.25) is 0 Å². The van der Waals surface area contributed by atoms with Crippen LogP contribution in [0.2, 0.25) is 0 Å². The molecule has 0 aromatic heterocycles. The predicted molar refractivity (Wildman–Crippen MR) is 96.8 cm³/mol. The molecular weight excluding hydrogens is 264 g/mol. The van der Waals surface area contributed by atoms with E-state index in [-0.39, 0.29) is 0 Å². The first kappa shape index (κ1) is 12.8. The van der Waals surface area contributed by atoms with Crippen molar-refractivity contribution in [1.82, 2.24) is 0 Å². The molecule has 0 nitrogen and oxygen atoms in total. The molecule has 0 aliphatic carbocycles. The fourth-order valence-electron chi connectivity index (χ4n) is 2.89. The summed E-state index contributed by atoms with van der Waals surface area (Å²) in [6.45, 7) is 0. The molecule has 0 unspecified atom stereocenters. The van der Waals surface area contributed by atoms with Gasteiger partial charge in [-0.2, -0.15) is 0 Å². The van der Waals surface area contributed by atoms with Gasteiger partial charge in [-0.25, -0.2) is 0 Å². The van der Waals surface area contributed by atoms with Crippen molar-refractivity contribution in [2.75, 3.05) is 0 Å². The Morgan fingerprint density at radius 3 is 2.00 bits per heavy atom. The monoisotopic (exact) mass is 280 g/mol. The van der Waals surface area contributed by atoms with Crippen LogP contribution in [0.25, 0.3) is 33.7 Å². The van der Waals surface area contributed by atoms with Gasteiger partial charge >= 0.3 is 0 Å². The lowest BCUT2D eigenvalue weighted by molar-refractivity contribution is 1.66. The van der Waals surface area contributed by atoms with Crippen LogP contribution in [0.15, 0.2) is 84.9 Å². The van der Waals surface area contributed by atoms with Gasteiger partial charge in [-0.15, -0.1) is 0 Å². The lowest BCUT2D eigenvalue weighted by Crippen LogP contribution is -1.80. The first-order valence-electron chi connectivity index (χ1n) is 7.55. The van der Waals surface area contributed by atoms with Crippen molar-refractivity contribution < 1.29 is 0 Å². The van der Waals surface area contributed by atoms with Crippen molar-refractivity contribution in [2.45, 2.75) is 0 Å². The summed E-state index contributed by atoms with van der Waals surface area (Å²) < 4.78 is 0. The molecule has 0 saturated carbocycles. The van der Waals surface area contributed by atoms with E-state index >= 15 is 0 Å². The van der Waals surface area contributed by atoms with E-state index < -0.39 is 0 Å². The Kier molecular flexibility index (Phi) is 3.21. The molecular formula is C22H16. The zero-order chi connectivity index (χ0) is 14.8. The van der Waals surface area contributed by atoms with E-state index in [1.165, 1.54) is 32.7 Å². The summed E-state index contributed by atoms with van der Waals surface area (Å²) in [6.07, 6.45) is 4.37. The van der Waals surface area contributed by atoms with E-state index in [4.69, 9.17) is 0 Å². The Balaban J connectivity index is 1.87. The Bertz CT molecular complexity index is 963. The van der Waals surface area contributed by atoms with Gasteiger partial charge in [0.15, 0.2) is 0 Å². The van der Waals surface area contributed by atoms with E-state index in [1.807, 2.05) is 6.07 Å². The average molecular weight is 280 g/mol. The highest BCUT2D eigenvalue weighted by Gasteiger charge is 2.01. The highest BCUT2D eigenvalue weighted by Crippen LogP contribution is 2.26. The molecule has 22 heavy (non-hydrogen) atoms. The topological polar surface area (TPSA) is 0 Å². The van der Waals surface area contributed by atoms with E-state index in [2.05, 4.69) is 91.0 Å². The van der Waals surface area contributed by atoms with Gasteiger partial charge in [0.25, 0.3) is 0 Å². The minimum Gasteiger partial charge on any atom is -0.0622 e. The fourth-order valence-corrected chi connectivity index (χ4v) is 2.89. The van der Waals surface area contributed by atoms with Crippen molar-refractivity contribution in [1.29, 1.82) is 0 Å². The fraction of sp³-hybridized carbons (Fsp3) is 0. The normalized spacial score (nSPS) is 11.5. The number of hydrogen-bond donors (Lipinski definition) is 0. The summed E-state index contributed by atoms with van der Waals surface area (Å²) in [7, 11) is 0. The van der Waals surface area contributed by atoms with Crippen LogP contribution in [0.4, 0.5) is 0 Å². The molecule has 4 aromatic carbocycles. The van der Waals surface area contributed by atoms with E-state index in [1.54, 1.807) is 0 Å². The third-order valence-corrected chi connectivity index (χ3v) is 4.04. The first-order valence-corrected chi connectivity index (χ1v) is 7.55. The third kappa shape index (κ3) is 2.40. The van der Waals surface area contributed by atoms with Crippen molar-refractivity contribution in [3.05, 3.63) is 96.1 Å². The van der Waals surface area contributed by atoms with Gasteiger partial charge < -0.3 is 0 Å². The lowest BCUT2D eigenvalue weighted by Gasteiger charge is -2.05. The molecule has 0 fully saturated rings. The Hall–Kier alpha value is -2.86. The molecule has 104 valence electrons. The summed E-state index contributed by atoms with van der Waals surface area (Å²) in [4.78, 5) is 0. The zero-order valence-corrected chi connectivity index (χ0v) is 12.2. The lowest BCUT2D eigenvalue weighted by atomic mass is 9.99. The summed E-state index contributed by atoms with van der Waals surface area (Å²) in [5.41, 5.74) is 2.48. The van der Waals surface area contributed by atoms with E-state index in [0.29, 0.717) is 0 Å². The Labute approximate surface area is 130 Å². The largest absolute Gasteiger partial charge is 0.0622 e. The summed E-state index contributed by atoms with van der Waals surface area (Å²) in [5, 5.41) is 5.16. The van der Waals surface area contributed by atoms with Gasteiger partial charge in [0.05, 0.1) is 0 Å². The highest BCUT2D eigenvalue weighted by atomic mass is 14.0. The minimum absolute atomic E-state index is 1.22. The number of benzene rings is 4. The molecule has 0 bridgehead atoms. The second-order valence-electron chi connectivity index (χ2n) is 5.51. The molecule has 0 radical (unpaired) electrons. The smallest absolute Gasteiger partial charge is 0.0105 e. The predicted octanol–water partition coefficient (Wildman–Crippen LogP) is 6.16. The molecule has 0 saturated heterocycles. The second-order valence-corrected chi connectivity index (χ2v) is 5.51. The number of hydrogen-bond acceptors (Lipinski definition) is 0. The maximum atomic E-state index is 2.29. The molecule has 4 aromatic rings. The number of rotatable bonds is 2. The molecule has 0 heteroatoms. The van der Waals surface area contributed by atoms with Crippen LogP contribution in [-0.4, -0.2) is 0 Å². The SMILES string of the molecule is C(=C\c1cccc2cc3ccccc3cc12)/c1ccccc1. The van der Waals surface area contributed by atoms with Gasteiger partial charge in [0.2, 0.25) is 0 Å². The van der Waals surface area contributed by atoms with Crippen LogP contribution in [-0.2, 0) is 0 Å². The summed E-state index contributed by atoms with van der Waals surface area (Å²) in [6, 6.07) is 30.0. The van der Waals surface area contributed by atoms with Crippen molar-refractivity contribution in [2.24, 2.45) is 0 Å². The first-order chi connectivity index (χ1) is 10.9. The average Bonchev–Trinajstić information content (AvgIpc) is 2.59. The van der Waals surface area contributed by atoms with Gasteiger partial charge in [0.1, 0.15) is 0 Å². The highest BCUT2D eigenvalue weighted by molar-refractivity contribution is 6.02. The van der Waals surface area contributed by atoms with Gasteiger partial charge in [-0.05, 0) is 44.8 Å². The van der Waals surface area contributed by atoms with Crippen LogP contribution < -0.4 is 0 Å². The van der Waals surface area contributed by atoms with E-state index in [9.17, 15) is 0 Å². The molecule has 0 aliphatic heterocycles. The summed E-state index contributed by atoms with van der Waals surface area (Å²) >= 11 is 0. The molecule has 0 atom stereocenters. The standard InChI is InChI=1S/C22H16/c1-2-7-17(8-3-1)13-14-18-11-6-12-21-15-19-9-4-5-10-20(19)16-22(18)21/h1-16H/b14-13+. The number of fused-ring (bicyclic) bond motifs is 2. The molecule has 0 N–H and O–H groups in total. The summed E-state index contributed by atoms with van der Waals surface area (Å²) in [5.74, 6) is 0. The van der Waals surface area contributed by atoms with Crippen LogP contribution in [0, 0.1) is 0 Å². The zero-order valence-electron chi connectivity index (χ0n) is 12.2. The van der Waals surface area contributed by atoms with Crippen LogP contribution in [0.3, 0.4) is 0 Å². The quantitative estimate of drug-likeness (QED) is 0.304. The molecule has 0 amide bonds. The van der Waals surface area contributed by atoms with E-state index in [0.717, 1.165) is 0 Å². The Morgan fingerprint density at radius 1 is 0.500 bits per heavy atom. The van der Waals surface area contributed by atoms with Crippen molar-refractivity contribution in [3.63, 3.8) is 0 Å². The molecule has 0 aliphatic rings. The maximum absolute atomic E-state index is 2.29. The van der Waals surface area contributed by atoms with Crippen LogP contribution in [0.5, 0.6) is 0 Å². The second kappa shape index (κ2) is 5.50. The van der Waals surface area contributed by atoms with Crippen molar-refractivity contribution >= 4 is 33.7 Å². The minimum atomic E-state index is 1.22. The Morgan fingerprint density at radius 2 is 1.18 bits per heavy atom. The van der Waals surface area contributed by atoms with Gasteiger partial charge in [-0.1, -0.05) is 84.9 Å². The van der Waals surface area contributed by atoms with Crippen LogP contribution in [0.1, 0.15) is 11.1 Å². The van der Waals surface area contributed by atoms with Crippen molar-refractivity contribution in [3.8, 4) is 0 Å². The third-order valence-electron chi connectivity index (χ3n) is 4.04. The molecule has 0 spiro atoms. The molecule has 4 rings (SSSR count). The van der Waals surface area contributed by atoms with Crippen LogP contribution >= 0.6 is 0 Å².